The van der Waals surface area contributed by atoms with Crippen LogP contribution in [0.2, 0.25) is 0 Å². The molecule has 0 spiro atoms. The fourth-order valence-electron chi connectivity index (χ4n) is 5.18. The monoisotopic (exact) mass is 549 g/mol. The van der Waals surface area contributed by atoms with Crippen molar-refractivity contribution >= 4 is 16.9 Å². The number of fused-ring (bicyclic) bond motifs is 1. The molecule has 2 aromatic carbocycles. The van der Waals surface area contributed by atoms with E-state index < -0.39 is 30.7 Å². The van der Waals surface area contributed by atoms with Crippen molar-refractivity contribution in [3.05, 3.63) is 81.8 Å². The lowest BCUT2D eigenvalue weighted by Gasteiger charge is -2.39. The zero-order chi connectivity index (χ0) is 28.2. The average Bonchev–Trinajstić information content (AvgIpc) is 3.66. The van der Waals surface area contributed by atoms with E-state index in [1.54, 1.807) is 6.07 Å². The maximum atomic E-state index is 14.3. The number of carbonyl (C=O) groups is 1. The van der Waals surface area contributed by atoms with Crippen molar-refractivity contribution in [1.82, 2.24) is 24.8 Å². The third-order valence-corrected chi connectivity index (χ3v) is 7.39. The molecule has 0 radical (unpaired) electrons. The lowest BCUT2D eigenvalue weighted by molar-refractivity contribution is -0.113. The van der Waals surface area contributed by atoms with E-state index in [0.29, 0.717) is 46.2 Å². The molecule has 3 heterocycles. The topological polar surface area (TPSA) is 83.0 Å². The molecule has 2 fully saturated rings. The summed E-state index contributed by atoms with van der Waals surface area (Å²) in [4.78, 5) is 35.4. The summed E-state index contributed by atoms with van der Waals surface area (Å²) in [6.45, 7) is 4.29. The maximum Gasteiger partial charge on any atom is 0.282 e. The van der Waals surface area contributed by atoms with E-state index in [4.69, 9.17) is 0 Å². The molecule has 1 saturated heterocycles. The van der Waals surface area contributed by atoms with Crippen LogP contribution in [-0.4, -0.2) is 50.9 Å². The molecule has 0 atom stereocenters. The van der Waals surface area contributed by atoms with Gasteiger partial charge in [0.2, 0.25) is 0 Å². The summed E-state index contributed by atoms with van der Waals surface area (Å²) < 4.78 is 42.7. The van der Waals surface area contributed by atoms with Crippen LogP contribution in [0.25, 0.3) is 27.8 Å². The number of aromatic amines is 1. The quantitative estimate of drug-likeness (QED) is 0.315. The summed E-state index contributed by atoms with van der Waals surface area (Å²) in [7, 11) is 0. The summed E-state index contributed by atoms with van der Waals surface area (Å²) in [5, 5.41) is 3.35. The number of hydrogen-bond donors (Lipinski definition) is 2. The van der Waals surface area contributed by atoms with Gasteiger partial charge in [0.1, 0.15) is 17.7 Å². The first-order valence-corrected chi connectivity index (χ1v) is 13.5. The van der Waals surface area contributed by atoms with Gasteiger partial charge in [-0.3, -0.25) is 14.2 Å². The van der Waals surface area contributed by atoms with Gasteiger partial charge in [0.05, 0.1) is 29.9 Å². The molecular weight excluding hydrogens is 519 g/mol. The standard InChI is InChI=1S/C30H30F3N5O2/c1-17(2)12-34-13-22-11-26-27(36-22)29(40)38(16-35-26)23-8-19(18-3-4-18)7-20(9-23)24-6-5-21(31)10-25(24)28(39)37-14-30(32,33)15-37/h5-11,16-18,34,36H,3-4,12-15H2,1-2H3. The van der Waals surface area contributed by atoms with E-state index in [0.717, 1.165) is 41.6 Å². The number of carbonyl (C=O) groups excluding carboxylic acids is 1. The molecule has 1 saturated carbocycles. The van der Waals surface area contributed by atoms with Crippen molar-refractivity contribution in [1.29, 1.82) is 0 Å². The third kappa shape index (κ3) is 5.15. The summed E-state index contributed by atoms with van der Waals surface area (Å²) in [5.41, 5.74) is 4.14. The van der Waals surface area contributed by atoms with Crippen LogP contribution in [0, 0.1) is 11.7 Å². The molecule has 7 nitrogen and oxygen atoms in total. The Morgan fingerprint density at radius 2 is 1.93 bits per heavy atom. The highest BCUT2D eigenvalue weighted by molar-refractivity contribution is 6.01. The Bertz CT molecular complexity index is 1660. The normalized spacial score (nSPS) is 16.5. The van der Waals surface area contributed by atoms with E-state index in [2.05, 4.69) is 29.1 Å². The maximum absolute atomic E-state index is 14.3. The van der Waals surface area contributed by atoms with E-state index in [9.17, 15) is 22.8 Å². The Kier molecular flexibility index (Phi) is 6.53. The van der Waals surface area contributed by atoms with Gasteiger partial charge in [-0.15, -0.1) is 0 Å². The molecule has 2 aliphatic rings. The first kappa shape index (κ1) is 26.3. The van der Waals surface area contributed by atoms with Crippen LogP contribution in [0.15, 0.2) is 53.6 Å². The van der Waals surface area contributed by atoms with Gasteiger partial charge in [0.15, 0.2) is 0 Å². The zero-order valence-corrected chi connectivity index (χ0v) is 22.3. The number of halogens is 3. The highest BCUT2D eigenvalue weighted by Gasteiger charge is 2.46. The molecule has 10 heteroatoms. The molecule has 6 rings (SSSR count). The highest BCUT2D eigenvalue weighted by atomic mass is 19.3. The van der Waals surface area contributed by atoms with Crippen LogP contribution in [-0.2, 0) is 6.54 Å². The molecule has 2 aromatic heterocycles. The van der Waals surface area contributed by atoms with Gasteiger partial charge in [-0.1, -0.05) is 26.0 Å². The SMILES string of the molecule is CC(C)CNCc1cc2ncn(-c3cc(-c4ccc(F)cc4C(=O)N4CC(F)(F)C4)cc(C4CC4)c3)c(=O)c2[nH]1. The van der Waals surface area contributed by atoms with Gasteiger partial charge >= 0.3 is 0 Å². The smallest absolute Gasteiger partial charge is 0.282 e. The number of benzene rings is 2. The van der Waals surface area contributed by atoms with Crippen molar-refractivity contribution in [2.75, 3.05) is 19.6 Å². The molecule has 1 amide bonds. The van der Waals surface area contributed by atoms with Gasteiger partial charge in [-0.25, -0.2) is 18.2 Å². The summed E-state index contributed by atoms with van der Waals surface area (Å²) >= 11 is 0. The van der Waals surface area contributed by atoms with Crippen molar-refractivity contribution in [3.63, 3.8) is 0 Å². The van der Waals surface area contributed by atoms with Gasteiger partial charge in [-0.2, -0.15) is 0 Å². The number of aromatic nitrogens is 3. The Balaban J connectivity index is 1.40. The number of H-pyrrole nitrogens is 1. The Hall–Kier alpha value is -3.92. The first-order chi connectivity index (χ1) is 19.1. The highest BCUT2D eigenvalue weighted by Crippen LogP contribution is 2.42. The van der Waals surface area contributed by atoms with E-state index in [1.807, 2.05) is 18.2 Å². The Morgan fingerprint density at radius 3 is 2.62 bits per heavy atom. The van der Waals surface area contributed by atoms with Gasteiger partial charge in [0, 0.05) is 12.2 Å². The minimum atomic E-state index is -2.93. The van der Waals surface area contributed by atoms with Crippen LogP contribution >= 0.6 is 0 Å². The van der Waals surface area contributed by atoms with E-state index in [-0.39, 0.29) is 11.1 Å². The van der Waals surface area contributed by atoms with Gasteiger partial charge in [0.25, 0.3) is 17.4 Å². The molecule has 40 heavy (non-hydrogen) atoms. The van der Waals surface area contributed by atoms with Crippen LogP contribution in [0.1, 0.15) is 54.2 Å². The van der Waals surface area contributed by atoms with Crippen LogP contribution in [0.3, 0.4) is 0 Å². The molecule has 4 aromatic rings. The van der Waals surface area contributed by atoms with Crippen LogP contribution < -0.4 is 10.9 Å². The number of likely N-dealkylation sites (tertiary alicyclic amines) is 1. The average molecular weight is 550 g/mol. The van der Waals surface area contributed by atoms with Gasteiger partial charge < -0.3 is 15.2 Å². The fraction of sp³-hybridized carbons (Fsp3) is 0.367. The minimum absolute atomic E-state index is 0.0122. The molecular formula is C30H30F3N5O2. The summed E-state index contributed by atoms with van der Waals surface area (Å²) in [6, 6.07) is 11.3. The minimum Gasteiger partial charge on any atom is -0.351 e. The second-order valence-electron chi connectivity index (χ2n) is 11.3. The number of nitrogens with zero attached hydrogens (tertiary/aromatic N) is 3. The number of hydrogen-bond acceptors (Lipinski definition) is 4. The number of rotatable bonds is 8. The van der Waals surface area contributed by atoms with Gasteiger partial charge in [-0.05, 0) is 78.2 Å². The fourth-order valence-corrected chi connectivity index (χ4v) is 5.18. The third-order valence-electron chi connectivity index (χ3n) is 7.39. The predicted octanol–water partition coefficient (Wildman–Crippen LogP) is 5.23. The second-order valence-corrected chi connectivity index (χ2v) is 11.3. The summed E-state index contributed by atoms with van der Waals surface area (Å²) in [6.07, 6.45) is 3.48. The lowest BCUT2D eigenvalue weighted by atomic mass is 9.94. The number of amides is 1. The predicted molar refractivity (Wildman–Crippen MR) is 146 cm³/mol. The number of nitrogens with one attached hydrogen (secondary N) is 2. The van der Waals surface area contributed by atoms with Crippen molar-refractivity contribution < 1.29 is 18.0 Å². The zero-order valence-electron chi connectivity index (χ0n) is 22.3. The van der Waals surface area contributed by atoms with E-state index >= 15 is 0 Å². The summed E-state index contributed by atoms with van der Waals surface area (Å²) in [5.74, 6) is -3.41. The Labute approximate surface area is 229 Å². The Morgan fingerprint density at radius 1 is 1.15 bits per heavy atom. The second kappa shape index (κ2) is 9.92. The molecule has 2 N–H and O–H groups in total. The van der Waals surface area contributed by atoms with Crippen molar-refractivity contribution in [3.8, 4) is 16.8 Å². The number of alkyl halides is 2. The molecule has 0 bridgehead atoms. The molecule has 1 aliphatic heterocycles. The molecule has 0 unspecified atom stereocenters. The first-order valence-electron chi connectivity index (χ1n) is 13.5. The molecule has 208 valence electrons. The van der Waals surface area contributed by atoms with Crippen molar-refractivity contribution in [2.45, 2.75) is 45.1 Å². The lowest BCUT2D eigenvalue weighted by Crippen LogP contribution is -2.58. The van der Waals surface area contributed by atoms with Crippen LogP contribution in [0.5, 0.6) is 0 Å². The van der Waals surface area contributed by atoms with Crippen LogP contribution in [0.4, 0.5) is 13.2 Å². The largest absolute Gasteiger partial charge is 0.351 e. The van der Waals surface area contributed by atoms with Crippen molar-refractivity contribution in [2.24, 2.45) is 5.92 Å². The van der Waals surface area contributed by atoms with E-state index in [1.165, 1.54) is 23.0 Å². The molecule has 1 aliphatic carbocycles.